The van der Waals surface area contributed by atoms with Gasteiger partial charge in [-0.25, -0.2) is 0 Å². The van der Waals surface area contributed by atoms with E-state index in [-0.39, 0.29) is 0 Å². The molecule has 0 aromatic carbocycles. The predicted octanol–water partition coefficient (Wildman–Crippen LogP) is 2.69. The van der Waals surface area contributed by atoms with Crippen LogP contribution in [-0.4, -0.2) is 22.4 Å². The molecule has 1 aromatic heterocycles. The standard InChI is InChI=1S/C15H27N3/c1-11(2)16-10-14-7-5-6-13(14)9-15-8-12(3)17-18(15)4/h8,11,13-14,16H,5-7,9-10H2,1-4H3. The van der Waals surface area contributed by atoms with Gasteiger partial charge in [0.05, 0.1) is 5.69 Å². The quantitative estimate of drug-likeness (QED) is 0.869. The highest BCUT2D eigenvalue weighted by atomic mass is 15.3. The lowest BCUT2D eigenvalue weighted by Crippen LogP contribution is -2.31. The summed E-state index contributed by atoms with van der Waals surface area (Å²) in [5.74, 6) is 1.69. The van der Waals surface area contributed by atoms with Crippen LogP contribution in [0.15, 0.2) is 6.07 Å². The summed E-state index contributed by atoms with van der Waals surface area (Å²) in [4.78, 5) is 0. The summed E-state index contributed by atoms with van der Waals surface area (Å²) >= 11 is 0. The van der Waals surface area contributed by atoms with E-state index in [4.69, 9.17) is 0 Å². The van der Waals surface area contributed by atoms with Crippen LogP contribution in [0.3, 0.4) is 0 Å². The van der Waals surface area contributed by atoms with Crippen molar-refractivity contribution in [2.24, 2.45) is 18.9 Å². The number of aryl methyl sites for hydroxylation is 2. The molecule has 1 saturated carbocycles. The summed E-state index contributed by atoms with van der Waals surface area (Å²) < 4.78 is 2.06. The number of nitrogens with one attached hydrogen (secondary N) is 1. The fourth-order valence-electron chi connectivity index (χ4n) is 3.16. The highest BCUT2D eigenvalue weighted by molar-refractivity contribution is 5.10. The first-order chi connectivity index (χ1) is 8.56. The van der Waals surface area contributed by atoms with Crippen LogP contribution in [0.2, 0.25) is 0 Å². The molecule has 102 valence electrons. The van der Waals surface area contributed by atoms with E-state index in [0.29, 0.717) is 6.04 Å². The van der Waals surface area contributed by atoms with Gasteiger partial charge in [0, 0.05) is 18.8 Å². The molecule has 1 aromatic rings. The topological polar surface area (TPSA) is 29.9 Å². The second-order valence-corrected chi connectivity index (χ2v) is 6.12. The Morgan fingerprint density at radius 1 is 1.39 bits per heavy atom. The number of hydrogen-bond donors (Lipinski definition) is 1. The molecule has 3 nitrogen and oxygen atoms in total. The summed E-state index contributed by atoms with van der Waals surface area (Å²) in [5, 5.41) is 8.05. The second-order valence-electron chi connectivity index (χ2n) is 6.12. The highest BCUT2D eigenvalue weighted by Crippen LogP contribution is 2.33. The molecule has 0 spiro atoms. The van der Waals surface area contributed by atoms with Crippen molar-refractivity contribution in [3.63, 3.8) is 0 Å². The number of rotatable bonds is 5. The SMILES string of the molecule is Cc1cc(CC2CCCC2CNC(C)C)n(C)n1. The summed E-state index contributed by atoms with van der Waals surface area (Å²) in [5.41, 5.74) is 2.54. The van der Waals surface area contributed by atoms with E-state index in [1.807, 2.05) is 0 Å². The molecule has 1 aliphatic rings. The van der Waals surface area contributed by atoms with Gasteiger partial charge in [0.1, 0.15) is 0 Å². The number of aromatic nitrogens is 2. The van der Waals surface area contributed by atoms with Crippen molar-refractivity contribution in [2.45, 2.75) is 52.5 Å². The van der Waals surface area contributed by atoms with E-state index in [2.05, 4.69) is 49.0 Å². The van der Waals surface area contributed by atoms with Crippen LogP contribution in [0.5, 0.6) is 0 Å². The minimum absolute atomic E-state index is 0.602. The highest BCUT2D eigenvalue weighted by Gasteiger charge is 2.27. The molecule has 3 heteroatoms. The number of hydrogen-bond acceptors (Lipinski definition) is 2. The first-order valence-electron chi connectivity index (χ1n) is 7.29. The second kappa shape index (κ2) is 5.87. The molecule has 1 fully saturated rings. The molecule has 0 radical (unpaired) electrons. The van der Waals surface area contributed by atoms with Gasteiger partial charge in [-0.05, 0) is 50.6 Å². The molecule has 2 atom stereocenters. The molecule has 0 aliphatic heterocycles. The largest absolute Gasteiger partial charge is 0.314 e. The molecule has 18 heavy (non-hydrogen) atoms. The molecule has 1 heterocycles. The molecule has 1 N–H and O–H groups in total. The fourth-order valence-corrected chi connectivity index (χ4v) is 3.16. The van der Waals surface area contributed by atoms with Gasteiger partial charge in [-0.3, -0.25) is 4.68 Å². The van der Waals surface area contributed by atoms with Crippen molar-refractivity contribution in [2.75, 3.05) is 6.54 Å². The molecular formula is C15H27N3. The smallest absolute Gasteiger partial charge is 0.0596 e. The third-order valence-corrected chi connectivity index (χ3v) is 4.18. The van der Waals surface area contributed by atoms with Gasteiger partial charge in [-0.15, -0.1) is 0 Å². The molecule has 0 amide bonds. The minimum atomic E-state index is 0.602. The first-order valence-corrected chi connectivity index (χ1v) is 7.29. The average molecular weight is 249 g/mol. The van der Waals surface area contributed by atoms with Crippen LogP contribution in [0.4, 0.5) is 0 Å². The summed E-state index contributed by atoms with van der Waals surface area (Å²) in [6.45, 7) is 7.72. The van der Waals surface area contributed by atoms with Gasteiger partial charge in [-0.2, -0.15) is 5.10 Å². The van der Waals surface area contributed by atoms with E-state index < -0.39 is 0 Å². The Morgan fingerprint density at radius 3 is 2.72 bits per heavy atom. The minimum Gasteiger partial charge on any atom is -0.314 e. The average Bonchev–Trinajstić information content (AvgIpc) is 2.84. The molecular weight excluding hydrogens is 222 g/mol. The molecule has 0 bridgehead atoms. The Hall–Kier alpha value is -0.830. The van der Waals surface area contributed by atoms with Crippen LogP contribution < -0.4 is 5.32 Å². The van der Waals surface area contributed by atoms with Crippen LogP contribution in [0.25, 0.3) is 0 Å². The maximum Gasteiger partial charge on any atom is 0.0596 e. The Labute approximate surface area is 111 Å². The number of nitrogens with zero attached hydrogens (tertiary/aromatic N) is 2. The van der Waals surface area contributed by atoms with Gasteiger partial charge in [0.25, 0.3) is 0 Å². The van der Waals surface area contributed by atoms with E-state index in [0.717, 1.165) is 17.5 Å². The van der Waals surface area contributed by atoms with Crippen LogP contribution >= 0.6 is 0 Å². The van der Waals surface area contributed by atoms with Crippen molar-refractivity contribution in [1.82, 2.24) is 15.1 Å². The molecule has 1 aliphatic carbocycles. The Bertz CT molecular complexity index is 381. The summed E-state index contributed by atoms with van der Waals surface area (Å²) in [7, 11) is 2.07. The van der Waals surface area contributed by atoms with Crippen molar-refractivity contribution in [3.05, 3.63) is 17.5 Å². The zero-order valence-electron chi connectivity index (χ0n) is 12.2. The zero-order valence-corrected chi connectivity index (χ0v) is 12.2. The lowest BCUT2D eigenvalue weighted by Gasteiger charge is -2.21. The van der Waals surface area contributed by atoms with Crippen molar-refractivity contribution < 1.29 is 0 Å². The fraction of sp³-hybridized carbons (Fsp3) is 0.800. The zero-order chi connectivity index (χ0) is 13.1. The van der Waals surface area contributed by atoms with Crippen molar-refractivity contribution >= 4 is 0 Å². The Balaban J connectivity index is 1.93. The van der Waals surface area contributed by atoms with E-state index in [1.54, 1.807) is 0 Å². The maximum atomic E-state index is 4.45. The summed E-state index contributed by atoms with van der Waals surface area (Å²) in [6.07, 6.45) is 5.36. The molecule has 2 rings (SSSR count). The van der Waals surface area contributed by atoms with Crippen LogP contribution in [-0.2, 0) is 13.5 Å². The van der Waals surface area contributed by atoms with Gasteiger partial charge in [-0.1, -0.05) is 20.3 Å². The molecule has 2 unspecified atom stereocenters. The lowest BCUT2D eigenvalue weighted by molar-refractivity contribution is 0.348. The van der Waals surface area contributed by atoms with Crippen LogP contribution in [0.1, 0.15) is 44.5 Å². The van der Waals surface area contributed by atoms with E-state index in [9.17, 15) is 0 Å². The summed E-state index contributed by atoms with van der Waals surface area (Å²) in [6, 6.07) is 2.84. The third-order valence-electron chi connectivity index (χ3n) is 4.18. The first kappa shape index (κ1) is 13.6. The lowest BCUT2D eigenvalue weighted by atomic mass is 9.91. The monoisotopic (exact) mass is 249 g/mol. The van der Waals surface area contributed by atoms with Gasteiger partial charge < -0.3 is 5.32 Å². The van der Waals surface area contributed by atoms with Gasteiger partial charge in [0.2, 0.25) is 0 Å². The Kier molecular flexibility index (Phi) is 4.44. The van der Waals surface area contributed by atoms with Crippen molar-refractivity contribution in [1.29, 1.82) is 0 Å². The van der Waals surface area contributed by atoms with E-state index >= 15 is 0 Å². The normalized spacial score (nSPS) is 24.1. The Morgan fingerprint density at radius 2 is 2.11 bits per heavy atom. The van der Waals surface area contributed by atoms with Crippen LogP contribution in [0, 0.1) is 18.8 Å². The van der Waals surface area contributed by atoms with Crippen molar-refractivity contribution in [3.8, 4) is 0 Å². The van der Waals surface area contributed by atoms with Gasteiger partial charge >= 0.3 is 0 Å². The third kappa shape index (κ3) is 3.35. The van der Waals surface area contributed by atoms with Gasteiger partial charge in [0.15, 0.2) is 0 Å². The molecule has 0 saturated heterocycles. The van der Waals surface area contributed by atoms with E-state index in [1.165, 1.54) is 37.9 Å². The predicted molar refractivity (Wildman–Crippen MR) is 75.6 cm³/mol. The maximum absolute atomic E-state index is 4.45.